The molecule has 1 rings (SSSR count). The molecule has 0 atom stereocenters. The lowest BCUT2D eigenvalue weighted by molar-refractivity contribution is -0.112. The molecule has 0 fully saturated rings. The van der Waals surface area contributed by atoms with Crippen LogP contribution in [0.2, 0.25) is 5.02 Å². The third kappa shape index (κ3) is 2.99. The third-order valence-electron chi connectivity index (χ3n) is 1.80. The smallest absolute Gasteiger partial charge is 0.161 e. The lowest BCUT2D eigenvalue weighted by Crippen LogP contribution is -1.86. The van der Waals surface area contributed by atoms with E-state index in [-0.39, 0.29) is 11.5 Å². The summed E-state index contributed by atoms with van der Waals surface area (Å²) in [6.45, 7) is 1.45. The van der Waals surface area contributed by atoms with Crippen LogP contribution < -0.4 is 4.74 Å². The number of rotatable bonds is 3. The number of hydrogen-bond acceptors (Lipinski definition) is 3. The topological polar surface area (TPSA) is 46.5 Å². The van der Waals surface area contributed by atoms with Crippen LogP contribution in [0.5, 0.6) is 11.5 Å². The molecule has 0 aliphatic rings. The summed E-state index contributed by atoms with van der Waals surface area (Å²) >= 11 is 5.86. The number of aromatic hydroxyl groups is 1. The van der Waals surface area contributed by atoms with E-state index in [0.717, 1.165) is 0 Å². The van der Waals surface area contributed by atoms with Crippen molar-refractivity contribution in [3.05, 3.63) is 28.8 Å². The van der Waals surface area contributed by atoms with Crippen LogP contribution in [-0.4, -0.2) is 18.0 Å². The van der Waals surface area contributed by atoms with Gasteiger partial charge in [0.1, 0.15) is 0 Å². The zero-order valence-corrected chi connectivity index (χ0v) is 9.21. The quantitative estimate of drug-likeness (QED) is 0.806. The number of phenols is 1. The molecular formula is C11H11ClO3. The molecule has 0 aliphatic heterocycles. The normalized spacial score (nSPS) is 10.6. The van der Waals surface area contributed by atoms with Gasteiger partial charge in [0.25, 0.3) is 0 Å². The van der Waals surface area contributed by atoms with Gasteiger partial charge in [0, 0.05) is 6.07 Å². The third-order valence-corrected chi connectivity index (χ3v) is 2.12. The number of methoxy groups -OCH3 is 1. The highest BCUT2D eigenvalue weighted by Gasteiger charge is 2.06. The number of carbonyl (C=O) groups is 1. The van der Waals surface area contributed by atoms with Crippen LogP contribution in [0.1, 0.15) is 12.5 Å². The first-order chi connectivity index (χ1) is 7.04. The number of hydrogen-bond donors (Lipinski definition) is 1. The van der Waals surface area contributed by atoms with E-state index in [1.54, 1.807) is 12.1 Å². The lowest BCUT2D eigenvalue weighted by atomic mass is 10.1. The van der Waals surface area contributed by atoms with Crippen molar-refractivity contribution in [1.82, 2.24) is 0 Å². The van der Waals surface area contributed by atoms with E-state index in [1.807, 2.05) is 0 Å². The minimum absolute atomic E-state index is 0.0255. The summed E-state index contributed by atoms with van der Waals surface area (Å²) in [5.74, 6) is 0.225. The Hall–Kier alpha value is -1.48. The fraction of sp³-hybridized carbons (Fsp3) is 0.182. The monoisotopic (exact) mass is 226 g/mol. The number of halogens is 1. The standard InChI is InChI=1S/C11H11ClO3/c1-7(13)3-4-8-5-11(15-2)10(14)6-9(8)12/h3-6,14H,1-2H3. The van der Waals surface area contributed by atoms with Crippen LogP contribution in [0.4, 0.5) is 0 Å². The summed E-state index contributed by atoms with van der Waals surface area (Å²) in [4.78, 5) is 10.7. The van der Waals surface area contributed by atoms with Crippen molar-refractivity contribution in [2.24, 2.45) is 0 Å². The number of phenolic OH excluding ortho intramolecular Hbond substituents is 1. The maximum absolute atomic E-state index is 10.7. The molecule has 15 heavy (non-hydrogen) atoms. The van der Waals surface area contributed by atoms with Crippen molar-refractivity contribution in [3.8, 4) is 11.5 Å². The van der Waals surface area contributed by atoms with Crippen LogP contribution in [0.3, 0.4) is 0 Å². The van der Waals surface area contributed by atoms with Gasteiger partial charge < -0.3 is 9.84 Å². The van der Waals surface area contributed by atoms with Gasteiger partial charge >= 0.3 is 0 Å². The summed E-state index contributed by atoms with van der Waals surface area (Å²) < 4.78 is 4.92. The first-order valence-electron chi connectivity index (χ1n) is 4.29. The second-order valence-electron chi connectivity index (χ2n) is 2.99. The molecule has 3 nitrogen and oxygen atoms in total. The van der Waals surface area contributed by atoms with Gasteiger partial charge in [-0.15, -0.1) is 0 Å². The van der Waals surface area contributed by atoms with E-state index >= 15 is 0 Å². The Labute approximate surface area is 92.9 Å². The first-order valence-corrected chi connectivity index (χ1v) is 4.67. The Balaban J connectivity index is 3.13. The lowest BCUT2D eigenvalue weighted by Gasteiger charge is -2.05. The molecule has 0 aliphatic carbocycles. The van der Waals surface area contributed by atoms with Crippen molar-refractivity contribution in [1.29, 1.82) is 0 Å². The molecule has 0 spiro atoms. The first kappa shape index (κ1) is 11.6. The van der Waals surface area contributed by atoms with Crippen LogP contribution in [0, 0.1) is 0 Å². The maximum atomic E-state index is 10.7. The van der Waals surface area contributed by atoms with E-state index in [0.29, 0.717) is 16.3 Å². The van der Waals surface area contributed by atoms with E-state index in [1.165, 1.54) is 26.2 Å². The molecule has 0 saturated carbocycles. The second-order valence-corrected chi connectivity index (χ2v) is 3.40. The molecule has 4 heteroatoms. The number of ketones is 1. The van der Waals surface area contributed by atoms with E-state index in [2.05, 4.69) is 0 Å². The molecule has 0 aromatic heterocycles. The number of benzene rings is 1. The van der Waals surface area contributed by atoms with E-state index < -0.39 is 0 Å². The second kappa shape index (κ2) is 4.84. The average molecular weight is 227 g/mol. The number of ether oxygens (including phenoxy) is 1. The summed E-state index contributed by atoms with van der Waals surface area (Å²) in [5, 5.41) is 9.76. The van der Waals surface area contributed by atoms with Crippen molar-refractivity contribution >= 4 is 23.5 Å². The molecule has 0 saturated heterocycles. The van der Waals surface area contributed by atoms with Gasteiger partial charge in [-0.25, -0.2) is 0 Å². The number of allylic oxidation sites excluding steroid dienone is 1. The van der Waals surface area contributed by atoms with Gasteiger partial charge in [-0.3, -0.25) is 4.79 Å². The highest BCUT2D eigenvalue weighted by atomic mass is 35.5. The summed E-state index contributed by atoms with van der Waals surface area (Å²) in [6.07, 6.45) is 2.98. The minimum atomic E-state index is -0.0712. The molecule has 1 aromatic rings. The zero-order valence-electron chi connectivity index (χ0n) is 8.45. The van der Waals surface area contributed by atoms with Crippen LogP contribution in [-0.2, 0) is 4.79 Å². The summed E-state index contributed by atoms with van der Waals surface area (Å²) in [6, 6.07) is 2.94. The van der Waals surface area contributed by atoms with Gasteiger partial charge in [0.2, 0.25) is 0 Å². The maximum Gasteiger partial charge on any atom is 0.161 e. The zero-order chi connectivity index (χ0) is 11.4. The van der Waals surface area contributed by atoms with Gasteiger partial charge in [-0.2, -0.15) is 0 Å². The van der Waals surface area contributed by atoms with E-state index in [9.17, 15) is 9.90 Å². The van der Waals surface area contributed by atoms with Crippen LogP contribution in [0.25, 0.3) is 6.08 Å². The van der Waals surface area contributed by atoms with Gasteiger partial charge in [0.05, 0.1) is 12.1 Å². The molecular weight excluding hydrogens is 216 g/mol. The highest BCUT2D eigenvalue weighted by molar-refractivity contribution is 6.32. The average Bonchev–Trinajstić information content (AvgIpc) is 2.16. The molecule has 0 unspecified atom stereocenters. The molecule has 1 N–H and O–H groups in total. The van der Waals surface area contributed by atoms with Crippen molar-refractivity contribution in [3.63, 3.8) is 0 Å². The molecule has 80 valence electrons. The fourth-order valence-electron chi connectivity index (χ4n) is 1.06. The Kier molecular flexibility index (Phi) is 3.74. The molecule has 1 aromatic carbocycles. The van der Waals surface area contributed by atoms with Crippen molar-refractivity contribution in [2.45, 2.75) is 6.92 Å². The number of carbonyl (C=O) groups excluding carboxylic acids is 1. The highest BCUT2D eigenvalue weighted by Crippen LogP contribution is 2.32. The predicted molar refractivity (Wildman–Crippen MR) is 59.4 cm³/mol. The van der Waals surface area contributed by atoms with Crippen molar-refractivity contribution in [2.75, 3.05) is 7.11 Å². The molecule has 0 heterocycles. The largest absolute Gasteiger partial charge is 0.504 e. The fourth-order valence-corrected chi connectivity index (χ4v) is 1.28. The van der Waals surface area contributed by atoms with Gasteiger partial charge in [-0.05, 0) is 30.7 Å². The molecule has 0 radical (unpaired) electrons. The van der Waals surface area contributed by atoms with Crippen molar-refractivity contribution < 1.29 is 14.6 Å². The SMILES string of the molecule is COc1cc(C=CC(C)=O)c(Cl)cc1O. The Morgan fingerprint density at radius 3 is 2.73 bits per heavy atom. The summed E-state index contributed by atoms with van der Waals surface area (Å²) in [5.41, 5.74) is 0.626. The summed E-state index contributed by atoms with van der Waals surface area (Å²) in [7, 11) is 1.45. The Morgan fingerprint density at radius 1 is 1.53 bits per heavy atom. The van der Waals surface area contributed by atoms with Crippen LogP contribution >= 0.6 is 11.6 Å². The minimum Gasteiger partial charge on any atom is -0.504 e. The Bertz CT molecular complexity index is 411. The molecule has 0 bridgehead atoms. The predicted octanol–water partition coefficient (Wildman–Crippen LogP) is 2.66. The van der Waals surface area contributed by atoms with Gasteiger partial charge in [-0.1, -0.05) is 11.6 Å². The Morgan fingerprint density at radius 2 is 2.20 bits per heavy atom. The molecule has 0 amide bonds. The van der Waals surface area contributed by atoms with Gasteiger partial charge in [0.15, 0.2) is 17.3 Å². The van der Waals surface area contributed by atoms with Crippen LogP contribution in [0.15, 0.2) is 18.2 Å². The van der Waals surface area contributed by atoms with E-state index in [4.69, 9.17) is 16.3 Å².